The Bertz CT molecular complexity index is 2990. The Morgan fingerprint density at radius 2 is 1.22 bits per heavy atom. The monoisotopic (exact) mass is 968 g/mol. The van der Waals surface area contributed by atoms with E-state index in [2.05, 4.69) is 88.8 Å². The van der Waals surface area contributed by atoms with Gasteiger partial charge in [-0.2, -0.15) is 0 Å². The van der Waals surface area contributed by atoms with E-state index >= 15 is 0 Å². The smallest absolute Gasteiger partial charge is 1.00 e. The molecule has 0 bridgehead atoms. The number of alkyl halides is 1. The van der Waals surface area contributed by atoms with E-state index in [0.717, 1.165) is 16.7 Å². The van der Waals surface area contributed by atoms with Gasteiger partial charge in [-0.25, -0.2) is 19.6 Å². The van der Waals surface area contributed by atoms with Gasteiger partial charge in [-0.05, 0) is 91.2 Å². The molecule has 0 atom stereocenters. The Hall–Kier alpha value is -4.97. The molecular formula is C42H40Br2ClN8NaO6. The van der Waals surface area contributed by atoms with Crippen molar-refractivity contribution in [3.8, 4) is 11.5 Å². The number of aromatic nitrogens is 8. The summed E-state index contributed by atoms with van der Waals surface area (Å²) in [6.45, 7) is 5.33. The molecule has 0 aliphatic heterocycles. The van der Waals surface area contributed by atoms with E-state index in [1.54, 1.807) is 11.6 Å². The average molecular weight is 971 g/mol. The van der Waals surface area contributed by atoms with E-state index in [4.69, 9.17) is 21.1 Å². The first-order chi connectivity index (χ1) is 28.3. The molecule has 14 nitrogen and oxygen atoms in total. The molecule has 8 aromatic rings. The van der Waals surface area contributed by atoms with Crippen molar-refractivity contribution in [1.29, 1.82) is 0 Å². The van der Waals surface area contributed by atoms with Crippen molar-refractivity contribution in [1.82, 2.24) is 38.6 Å². The number of imidazole rings is 2. The van der Waals surface area contributed by atoms with Crippen molar-refractivity contribution in [2.75, 3.05) is 0 Å². The summed E-state index contributed by atoms with van der Waals surface area (Å²) in [6, 6.07) is 31.8. The molecule has 306 valence electrons. The number of nitrogens with one attached hydrogen (secondary N) is 3. The zero-order valence-electron chi connectivity index (χ0n) is 34.4. The fourth-order valence-electron chi connectivity index (χ4n) is 5.85. The number of H-pyrrole nitrogens is 3. The molecule has 0 saturated heterocycles. The third kappa shape index (κ3) is 11.2. The number of fused-ring (bicyclic) bond motifs is 2. The van der Waals surface area contributed by atoms with Crippen LogP contribution in [0.5, 0.6) is 11.5 Å². The van der Waals surface area contributed by atoms with Crippen molar-refractivity contribution >= 4 is 65.8 Å². The second-order valence-corrected chi connectivity index (χ2v) is 15.1. The first-order valence-corrected chi connectivity index (χ1v) is 20.2. The number of halogens is 3. The molecule has 4 aromatic heterocycles. The topological polar surface area (TPSA) is 175 Å². The summed E-state index contributed by atoms with van der Waals surface area (Å²) in [7, 11) is 3.10. The van der Waals surface area contributed by atoms with E-state index < -0.39 is 22.5 Å². The minimum Gasteiger partial charge on any atom is -1.00 e. The van der Waals surface area contributed by atoms with Crippen LogP contribution in [0.1, 0.15) is 34.8 Å². The molecule has 4 aromatic carbocycles. The van der Waals surface area contributed by atoms with Gasteiger partial charge in [0.05, 0.1) is 6.54 Å². The molecule has 0 unspecified atom stereocenters. The van der Waals surface area contributed by atoms with Gasteiger partial charge in [0.1, 0.15) is 13.2 Å². The Morgan fingerprint density at radius 3 is 1.82 bits per heavy atom. The molecule has 0 amide bonds. The standard InChI is InChI=1S/C27H23BrN4O4.C9H11Cl.C6H5BrN4O2.Na.H/c1-31-24-23(25(33)30-27(31)34)32(26(28)29-24)15-20-12-13-21(35-16-18-8-4-2-5-9-18)22(14-20)36-17-19-10-6-3-7-11-19;1-7-3-4-9(6-10)5-8(7)2;1-11-3-2(8-5(7)9-3)4(12)10-6(11)13;;/h2-14H,15-17H2,1H3,(H,30,33,34);3-5H,6H2,1-2H3;1H3,(H,8,9)(H,10,12,13);;/q;;;+1;-1. The number of rotatable bonds is 9. The van der Waals surface area contributed by atoms with Crippen LogP contribution in [0.15, 0.2) is 126 Å². The van der Waals surface area contributed by atoms with Gasteiger partial charge in [-0.15, -0.1) is 11.6 Å². The van der Waals surface area contributed by atoms with Gasteiger partial charge in [0, 0.05) is 20.0 Å². The minimum atomic E-state index is -0.513. The Kier molecular flexibility index (Phi) is 16.1. The van der Waals surface area contributed by atoms with Crippen LogP contribution < -0.4 is 61.5 Å². The van der Waals surface area contributed by atoms with E-state index in [1.165, 1.54) is 32.9 Å². The van der Waals surface area contributed by atoms with Gasteiger partial charge in [-0.1, -0.05) is 84.9 Å². The van der Waals surface area contributed by atoms with Crippen LogP contribution in [0.25, 0.3) is 22.3 Å². The Morgan fingerprint density at radius 1 is 0.650 bits per heavy atom. The van der Waals surface area contributed by atoms with Crippen LogP contribution in [0.2, 0.25) is 0 Å². The number of nitrogens with zero attached hydrogens (tertiary/aromatic N) is 5. The number of hydrogen-bond donors (Lipinski definition) is 3. The van der Waals surface area contributed by atoms with E-state index in [-0.39, 0.29) is 36.5 Å². The summed E-state index contributed by atoms with van der Waals surface area (Å²) in [4.78, 5) is 62.4. The van der Waals surface area contributed by atoms with Crippen molar-refractivity contribution in [3.63, 3.8) is 0 Å². The van der Waals surface area contributed by atoms with Gasteiger partial charge in [0.25, 0.3) is 11.1 Å². The summed E-state index contributed by atoms with van der Waals surface area (Å²) in [5, 5.41) is 0. The maximum Gasteiger partial charge on any atom is 1.00 e. The minimum absolute atomic E-state index is 0. The predicted molar refractivity (Wildman–Crippen MR) is 237 cm³/mol. The van der Waals surface area contributed by atoms with Crippen molar-refractivity contribution in [2.24, 2.45) is 14.1 Å². The number of aromatic amines is 3. The van der Waals surface area contributed by atoms with Crippen molar-refractivity contribution in [3.05, 3.63) is 182 Å². The average Bonchev–Trinajstić information content (AvgIpc) is 3.80. The number of hydrogen-bond acceptors (Lipinski definition) is 8. The van der Waals surface area contributed by atoms with Gasteiger partial charge in [-0.3, -0.25) is 28.7 Å². The molecule has 3 N–H and O–H groups in total. The first kappa shape index (κ1) is 46.1. The van der Waals surface area contributed by atoms with Crippen LogP contribution in [-0.4, -0.2) is 38.6 Å². The zero-order valence-corrected chi connectivity index (χ0v) is 39.3. The molecular weight excluding hydrogens is 931 g/mol. The molecule has 0 fully saturated rings. The SMILES string of the molecule is Cc1ccc(CCl)cc1C.Cn1c(=O)[nH]c(=O)c2[nH]c(Br)nc21.Cn1c(=O)[nH]c(=O)c2c1nc(Br)n2Cc1ccc(OCc2ccccc2)c(OCc2ccccc2)c1.[H-].[Na+]. The largest absolute Gasteiger partial charge is 1.00 e. The van der Waals surface area contributed by atoms with Crippen LogP contribution in [0.3, 0.4) is 0 Å². The predicted octanol–water partition coefficient (Wildman–Crippen LogP) is 4.26. The van der Waals surface area contributed by atoms with Gasteiger partial charge in [0.2, 0.25) is 0 Å². The van der Waals surface area contributed by atoms with Crippen molar-refractivity contribution < 1.29 is 40.5 Å². The zero-order chi connectivity index (χ0) is 42.2. The summed E-state index contributed by atoms with van der Waals surface area (Å²) in [6.07, 6.45) is 0. The van der Waals surface area contributed by atoms with Gasteiger partial charge >= 0.3 is 40.9 Å². The van der Waals surface area contributed by atoms with E-state index in [9.17, 15) is 19.2 Å². The van der Waals surface area contributed by atoms with Gasteiger partial charge in [0.15, 0.2) is 43.3 Å². The second-order valence-electron chi connectivity index (χ2n) is 13.4. The summed E-state index contributed by atoms with van der Waals surface area (Å²) in [5.74, 6) is 1.82. The molecule has 4 heterocycles. The molecule has 8 rings (SSSR count). The number of benzene rings is 4. The third-order valence-corrected chi connectivity index (χ3v) is 10.5. The fraction of sp³-hybridized carbons (Fsp3) is 0.190. The van der Waals surface area contributed by atoms with E-state index in [0.29, 0.717) is 63.4 Å². The molecule has 0 aliphatic carbocycles. The van der Waals surface area contributed by atoms with Gasteiger partial charge < -0.3 is 20.5 Å². The quantitative estimate of drug-likeness (QED) is 0.109. The normalized spacial score (nSPS) is 10.7. The molecule has 18 heteroatoms. The molecule has 0 spiro atoms. The molecule has 0 aliphatic rings. The molecule has 60 heavy (non-hydrogen) atoms. The maximum atomic E-state index is 12.6. The summed E-state index contributed by atoms with van der Waals surface area (Å²) in [5.41, 5.74) is 6.09. The first-order valence-electron chi connectivity index (χ1n) is 18.1. The number of aryl methyl sites for hydroxylation is 4. The van der Waals surface area contributed by atoms with Crippen LogP contribution in [-0.2, 0) is 39.7 Å². The van der Waals surface area contributed by atoms with Crippen LogP contribution in [0, 0.1) is 13.8 Å². The van der Waals surface area contributed by atoms with Crippen LogP contribution >= 0.6 is 43.5 Å². The third-order valence-electron chi connectivity index (χ3n) is 9.23. The van der Waals surface area contributed by atoms with E-state index in [1.807, 2.05) is 78.9 Å². The fourth-order valence-corrected chi connectivity index (χ4v) is 6.85. The second kappa shape index (κ2) is 21.0. The summed E-state index contributed by atoms with van der Waals surface area (Å²) >= 11 is 12.2. The van der Waals surface area contributed by atoms with Crippen molar-refractivity contribution in [2.45, 2.75) is 39.5 Å². The Labute approximate surface area is 388 Å². The van der Waals surface area contributed by atoms with Crippen LogP contribution in [0.4, 0.5) is 0 Å². The number of ether oxygens (including phenoxy) is 2. The molecule has 0 saturated carbocycles. The maximum absolute atomic E-state index is 12.6. The summed E-state index contributed by atoms with van der Waals surface area (Å²) < 4.78 is 17.4. The molecule has 0 radical (unpaired) electrons. The Balaban J connectivity index is 0.000000267.